The van der Waals surface area contributed by atoms with Crippen LogP contribution in [0.15, 0.2) is 42.7 Å². The highest BCUT2D eigenvalue weighted by Crippen LogP contribution is 2.33. The van der Waals surface area contributed by atoms with Crippen molar-refractivity contribution in [1.82, 2.24) is 9.97 Å². The van der Waals surface area contributed by atoms with E-state index >= 15 is 0 Å². The predicted octanol–water partition coefficient (Wildman–Crippen LogP) is 4.16. The number of hydrogen-bond donors (Lipinski definition) is 1. The number of rotatable bonds is 3. The minimum atomic E-state index is -0.866. The van der Waals surface area contributed by atoms with Crippen molar-refractivity contribution < 1.29 is 13.5 Å². The van der Waals surface area contributed by atoms with Gasteiger partial charge in [-0.1, -0.05) is 17.7 Å². The Kier molecular flexibility index (Phi) is 4.05. The van der Waals surface area contributed by atoms with Crippen LogP contribution in [0.4, 0.5) is 14.6 Å². The zero-order chi connectivity index (χ0) is 17.4. The third-order valence-electron chi connectivity index (χ3n) is 4.48. The molecule has 2 heterocycles. The molecule has 1 aliphatic heterocycles. The number of ether oxygens (including phenoxy) is 1. The third-order valence-corrected chi connectivity index (χ3v) is 4.48. The van der Waals surface area contributed by atoms with Gasteiger partial charge in [-0.3, -0.25) is 0 Å². The summed E-state index contributed by atoms with van der Waals surface area (Å²) in [6.07, 6.45) is 1.91. The maximum atomic E-state index is 13.6. The molecule has 0 radical (unpaired) electrons. The molecule has 128 valence electrons. The molecule has 0 bridgehead atoms. The van der Waals surface area contributed by atoms with Crippen molar-refractivity contribution in [2.75, 3.05) is 11.9 Å². The summed E-state index contributed by atoms with van der Waals surface area (Å²) >= 11 is 0. The Morgan fingerprint density at radius 3 is 2.80 bits per heavy atom. The van der Waals surface area contributed by atoms with Crippen molar-refractivity contribution in [3.63, 3.8) is 0 Å². The number of fused-ring (bicyclic) bond motifs is 1. The first-order valence-corrected chi connectivity index (χ1v) is 8.16. The fourth-order valence-electron chi connectivity index (χ4n) is 3.22. The summed E-state index contributed by atoms with van der Waals surface area (Å²) in [4.78, 5) is 8.64. The Balaban J connectivity index is 1.65. The van der Waals surface area contributed by atoms with Gasteiger partial charge < -0.3 is 10.1 Å². The number of halogens is 2. The van der Waals surface area contributed by atoms with Crippen LogP contribution in [-0.4, -0.2) is 22.6 Å². The van der Waals surface area contributed by atoms with Gasteiger partial charge in [-0.25, -0.2) is 18.7 Å². The van der Waals surface area contributed by atoms with Crippen molar-refractivity contribution in [1.29, 1.82) is 0 Å². The Hall–Kier alpha value is -2.60. The van der Waals surface area contributed by atoms with Crippen LogP contribution in [0.1, 0.15) is 23.7 Å². The quantitative estimate of drug-likeness (QED) is 0.777. The lowest BCUT2D eigenvalue weighted by Gasteiger charge is -2.21. The molecule has 4 rings (SSSR count). The molecule has 6 heteroatoms. The van der Waals surface area contributed by atoms with Gasteiger partial charge in [0.25, 0.3) is 0 Å². The molecule has 1 N–H and O–H groups in total. The fraction of sp³-hybridized carbons (Fsp3) is 0.263. The summed E-state index contributed by atoms with van der Waals surface area (Å²) in [5.74, 6) is -1.00. The van der Waals surface area contributed by atoms with Crippen LogP contribution in [0.2, 0.25) is 0 Å². The number of hydrogen-bond acceptors (Lipinski definition) is 4. The Bertz CT molecular complexity index is 932. The summed E-state index contributed by atoms with van der Waals surface area (Å²) in [5.41, 5.74) is 2.58. The average Bonchev–Trinajstić information content (AvgIpc) is 3.06. The van der Waals surface area contributed by atoms with Crippen molar-refractivity contribution >= 4 is 16.7 Å². The maximum absolute atomic E-state index is 13.6. The lowest BCUT2D eigenvalue weighted by Crippen LogP contribution is -2.24. The molecule has 1 aromatic heterocycles. The van der Waals surface area contributed by atoms with E-state index in [9.17, 15) is 8.78 Å². The molecule has 1 fully saturated rings. The number of nitrogens with one attached hydrogen (secondary N) is 1. The summed E-state index contributed by atoms with van der Waals surface area (Å²) in [7, 11) is 0. The van der Waals surface area contributed by atoms with Gasteiger partial charge in [-0.15, -0.1) is 0 Å². The summed E-state index contributed by atoms with van der Waals surface area (Å²) in [5, 5.41) is 4.33. The lowest BCUT2D eigenvalue weighted by molar-refractivity contribution is 0.107. The summed E-state index contributed by atoms with van der Waals surface area (Å²) in [6, 6.07) is 9.79. The Morgan fingerprint density at radius 2 is 1.96 bits per heavy atom. The van der Waals surface area contributed by atoms with Crippen LogP contribution < -0.4 is 5.32 Å². The monoisotopic (exact) mass is 341 g/mol. The highest BCUT2D eigenvalue weighted by Gasteiger charge is 2.31. The molecule has 3 aromatic rings. The second-order valence-corrected chi connectivity index (χ2v) is 6.25. The van der Waals surface area contributed by atoms with Crippen molar-refractivity contribution in [2.45, 2.75) is 25.5 Å². The van der Waals surface area contributed by atoms with Crippen molar-refractivity contribution in [3.05, 3.63) is 65.5 Å². The van der Waals surface area contributed by atoms with E-state index in [0.717, 1.165) is 34.8 Å². The minimum absolute atomic E-state index is 0.0801. The van der Waals surface area contributed by atoms with Gasteiger partial charge in [0.1, 0.15) is 18.2 Å². The smallest absolute Gasteiger partial charge is 0.159 e. The molecule has 0 amide bonds. The van der Waals surface area contributed by atoms with Crippen LogP contribution in [0.3, 0.4) is 0 Å². The van der Waals surface area contributed by atoms with Gasteiger partial charge in [0.15, 0.2) is 11.6 Å². The second-order valence-electron chi connectivity index (χ2n) is 6.25. The minimum Gasteiger partial charge on any atom is -0.371 e. The molecule has 4 nitrogen and oxygen atoms in total. The van der Waals surface area contributed by atoms with Gasteiger partial charge in [0, 0.05) is 12.0 Å². The first-order chi connectivity index (χ1) is 12.1. The van der Waals surface area contributed by atoms with E-state index in [1.54, 1.807) is 6.07 Å². The van der Waals surface area contributed by atoms with E-state index in [-0.39, 0.29) is 12.1 Å². The SMILES string of the molecule is Cc1ccc2ncnc(NC3CCOC3c3ccc(F)c(F)c3)c2c1. The van der Waals surface area contributed by atoms with Gasteiger partial charge in [0.2, 0.25) is 0 Å². The molecule has 1 aliphatic rings. The number of nitrogens with zero attached hydrogens (tertiary/aromatic N) is 2. The number of anilines is 1. The average molecular weight is 341 g/mol. The molecule has 25 heavy (non-hydrogen) atoms. The molecule has 0 spiro atoms. The van der Waals surface area contributed by atoms with Crippen LogP contribution in [0.5, 0.6) is 0 Å². The Morgan fingerprint density at radius 1 is 1.08 bits per heavy atom. The van der Waals surface area contributed by atoms with Crippen LogP contribution in [0.25, 0.3) is 10.9 Å². The fourth-order valence-corrected chi connectivity index (χ4v) is 3.22. The third kappa shape index (κ3) is 3.05. The second kappa shape index (κ2) is 6.37. The van der Waals surface area contributed by atoms with Gasteiger partial charge in [0.05, 0.1) is 11.6 Å². The Labute approximate surface area is 143 Å². The van der Waals surface area contributed by atoms with E-state index in [4.69, 9.17) is 4.74 Å². The molecular weight excluding hydrogens is 324 g/mol. The largest absolute Gasteiger partial charge is 0.371 e. The summed E-state index contributed by atoms with van der Waals surface area (Å²) in [6.45, 7) is 2.56. The van der Waals surface area contributed by atoms with E-state index in [0.29, 0.717) is 12.2 Å². The molecule has 0 aliphatic carbocycles. The van der Waals surface area contributed by atoms with Gasteiger partial charge in [-0.05, 0) is 43.2 Å². The van der Waals surface area contributed by atoms with Crippen molar-refractivity contribution in [2.24, 2.45) is 0 Å². The first-order valence-electron chi connectivity index (χ1n) is 8.16. The van der Waals surface area contributed by atoms with Crippen molar-refractivity contribution in [3.8, 4) is 0 Å². The molecule has 2 unspecified atom stereocenters. The molecule has 1 saturated heterocycles. The zero-order valence-electron chi connectivity index (χ0n) is 13.7. The normalized spacial score (nSPS) is 20.1. The topological polar surface area (TPSA) is 47.0 Å². The van der Waals surface area contributed by atoms with E-state index in [1.807, 2.05) is 25.1 Å². The summed E-state index contributed by atoms with van der Waals surface area (Å²) < 4.78 is 32.5. The van der Waals surface area contributed by atoms with E-state index in [2.05, 4.69) is 15.3 Å². The van der Waals surface area contributed by atoms with Crippen LogP contribution >= 0.6 is 0 Å². The molecule has 0 saturated carbocycles. The molecular formula is C19H17F2N3O. The zero-order valence-corrected chi connectivity index (χ0v) is 13.7. The van der Waals surface area contributed by atoms with Gasteiger partial charge in [-0.2, -0.15) is 0 Å². The van der Waals surface area contributed by atoms with Crippen LogP contribution in [-0.2, 0) is 4.74 Å². The molecule has 2 aromatic carbocycles. The molecule has 2 atom stereocenters. The number of aryl methyl sites for hydroxylation is 1. The van der Waals surface area contributed by atoms with Crippen LogP contribution in [0, 0.1) is 18.6 Å². The predicted molar refractivity (Wildman–Crippen MR) is 91.4 cm³/mol. The first kappa shape index (κ1) is 15.9. The van der Waals surface area contributed by atoms with E-state index < -0.39 is 11.6 Å². The number of benzene rings is 2. The van der Waals surface area contributed by atoms with E-state index in [1.165, 1.54) is 12.4 Å². The highest BCUT2D eigenvalue weighted by molar-refractivity contribution is 5.89. The van der Waals surface area contributed by atoms with Gasteiger partial charge >= 0.3 is 0 Å². The highest BCUT2D eigenvalue weighted by atomic mass is 19.2. The number of aromatic nitrogens is 2. The maximum Gasteiger partial charge on any atom is 0.159 e. The standard InChI is InChI=1S/C19H17F2N3O/c1-11-2-5-16-13(8-11)19(23-10-22-16)24-17-6-7-25-18(17)12-3-4-14(20)15(21)9-12/h2-5,8-10,17-18H,6-7H2,1H3,(H,22,23,24). The lowest BCUT2D eigenvalue weighted by atomic mass is 10.0.